The molecule has 0 saturated heterocycles. The Morgan fingerprint density at radius 2 is 2.26 bits per heavy atom. The maximum Gasteiger partial charge on any atom is 0.356 e. The van der Waals surface area contributed by atoms with E-state index in [0.717, 1.165) is 17.9 Å². The molecule has 0 saturated carbocycles. The Balaban J connectivity index is 2.28. The van der Waals surface area contributed by atoms with Crippen molar-refractivity contribution in [3.63, 3.8) is 0 Å². The molecule has 0 fully saturated rings. The summed E-state index contributed by atoms with van der Waals surface area (Å²) in [7, 11) is 0. The van der Waals surface area contributed by atoms with E-state index in [2.05, 4.69) is 15.4 Å². The van der Waals surface area contributed by atoms with E-state index in [-0.39, 0.29) is 16.4 Å². The first-order valence-corrected chi connectivity index (χ1v) is 6.37. The van der Waals surface area contributed by atoms with Crippen LogP contribution >= 0.6 is 11.3 Å². The number of rotatable bonds is 5. The van der Waals surface area contributed by atoms with Crippen LogP contribution < -0.4 is 5.32 Å². The molecule has 2 N–H and O–H groups in total. The molecule has 0 radical (unpaired) electrons. The van der Waals surface area contributed by atoms with E-state index in [9.17, 15) is 9.59 Å². The van der Waals surface area contributed by atoms with Gasteiger partial charge in [0.05, 0.1) is 11.9 Å². The Hall–Kier alpha value is -2.22. The molecule has 0 unspecified atom stereocenters. The zero-order valence-corrected chi connectivity index (χ0v) is 11.2. The van der Waals surface area contributed by atoms with Gasteiger partial charge in [0.25, 0.3) is 0 Å². The van der Waals surface area contributed by atoms with E-state index in [1.807, 2.05) is 6.92 Å². The second-order valence-electron chi connectivity index (χ2n) is 3.77. The third kappa shape index (κ3) is 2.79. The van der Waals surface area contributed by atoms with Crippen molar-refractivity contribution in [3.05, 3.63) is 23.0 Å². The van der Waals surface area contributed by atoms with Crippen LogP contribution in [-0.4, -0.2) is 31.6 Å². The van der Waals surface area contributed by atoms with Gasteiger partial charge in [-0.25, -0.2) is 9.78 Å². The van der Waals surface area contributed by atoms with Crippen LogP contribution in [0.3, 0.4) is 0 Å². The number of carboxylic acid groups (broad SMARTS) is 1. The summed E-state index contributed by atoms with van der Waals surface area (Å²) in [6.07, 6.45) is 3.38. The summed E-state index contributed by atoms with van der Waals surface area (Å²) < 4.78 is 1.72. The number of thiazole rings is 1. The highest BCUT2D eigenvalue weighted by Crippen LogP contribution is 2.26. The van der Waals surface area contributed by atoms with Crippen LogP contribution in [0.25, 0.3) is 0 Å². The molecule has 2 heterocycles. The molecule has 2 aromatic rings. The van der Waals surface area contributed by atoms with Gasteiger partial charge in [0.1, 0.15) is 4.88 Å². The van der Waals surface area contributed by atoms with Gasteiger partial charge in [0, 0.05) is 19.7 Å². The molecule has 0 aliphatic heterocycles. The summed E-state index contributed by atoms with van der Waals surface area (Å²) in [6.45, 7) is 4.01. The van der Waals surface area contributed by atoms with Crippen LogP contribution in [0.5, 0.6) is 0 Å². The monoisotopic (exact) mass is 280 g/mol. The van der Waals surface area contributed by atoms with Crippen LogP contribution in [0, 0.1) is 0 Å². The van der Waals surface area contributed by atoms with Crippen molar-refractivity contribution >= 4 is 33.9 Å². The van der Waals surface area contributed by atoms with Crippen molar-refractivity contribution in [2.75, 3.05) is 5.32 Å². The maximum atomic E-state index is 11.3. The number of carbonyl (C=O) groups is 2. The number of nitrogens with zero attached hydrogens (tertiary/aromatic N) is 3. The van der Waals surface area contributed by atoms with Gasteiger partial charge in [-0.15, -0.1) is 0 Å². The van der Waals surface area contributed by atoms with E-state index in [1.54, 1.807) is 17.1 Å². The molecule has 0 spiro atoms. The lowest BCUT2D eigenvalue weighted by Crippen LogP contribution is -2.03. The number of carbonyl (C=O) groups excluding carboxylic acids is 1. The molecule has 0 aliphatic rings. The summed E-state index contributed by atoms with van der Waals surface area (Å²) in [5.41, 5.74) is 0.477. The predicted octanol–water partition coefficient (Wildman–Crippen LogP) is 2.00. The highest BCUT2D eigenvalue weighted by Gasteiger charge is 2.20. The van der Waals surface area contributed by atoms with Gasteiger partial charge in [-0.2, -0.15) is 5.10 Å². The van der Waals surface area contributed by atoms with Gasteiger partial charge in [0.15, 0.2) is 16.6 Å². The Morgan fingerprint density at radius 3 is 2.74 bits per heavy atom. The van der Waals surface area contributed by atoms with E-state index in [4.69, 9.17) is 5.11 Å². The number of aromatic nitrogens is 3. The molecule has 7 nitrogen and oxygen atoms in total. The average molecular weight is 280 g/mol. The van der Waals surface area contributed by atoms with Crippen LogP contribution in [-0.2, 0) is 6.54 Å². The smallest absolute Gasteiger partial charge is 0.356 e. The Bertz CT molecular complexity index is 600. The summed E-state index contributed by atoms with van der Waals surface area (Å²) >= 11 is 1.02. The first-order chi connectivity index (χ1) is 9.01. The van der Waals surface area contributed by atoms with Gasteiger partial charge >= 0.3 is 5.97 Å². The predicted molar refractivity (Wildman–Crippen MR) is 70.3 cm³/mol. The minimum absolute atomic E-state index is 0.137. The lowest BCUT2D eigenvalue weighted by Gasteiger charge is -1.96. The van der Waals surface area contributed by atoms with Gasteiger partial charge in [-0.3, -0.25) is 9.48 Å². The number of anilines is 2. The summed E-state index contributed by atoms with van der Waals surface area (Å²) in [5, 5.41) is 16.4. The fourth-order valence-corrected chi connectivity index (χ4v) is 2.35. The molecular weight excluding hydrogens is 268 g/mol. The highest BCUT2D eigenvalue weighted by molar-refractivity contribution is 7.17. The molecule has 2 rings (SSSR count). The molecule has 0 aromatic carbocycles. The Kier molecular flexibility index (Phi) is 3.61. The standard InChI is InChI=1S/C11H12N4O3S/c1-3-15-5-7(4-12-15)13-11-14-8(10(17)18)9(19-11)6(2)16/h4-5H,3H2,1-2H3,(H,13,14)(H,17,18). The van der Waals surface area contributed by atoms with Gasteiger partial charge in [-0.05, 0) is 6.92 Å². The second-order valence-corrected chi connectivity index (χ2v) is 4.77. The number of nitrogens with one attached hydrogen (secondary N) is 1. The average Bonchev–Trinajstić information content (AvgIpc) is 2.96. The van der Waals surface area contributed by atoms with Crippen LogP contribution in [0.4, 0.5) is 10.8 Å². The molecular formula is C11H12N4O3S. The van der Waals surface area contributed by atoms with E-state index >= 15 is 0 Å². The van der Waals surface area contributed by atoms with Crippen molar-refractivity contribution in [1.82, 2.24) is 14.8 Å². The van der Waals surface area contributed by atoms with Gasteiger partial charge in [0.2, 0.25) is 0 Å². The van der Waals surface area contributed by atoms with Crippen LogP contribution in [0.15, 0.2) is 12.4 Å². The van der Waals surface area contributed by atoms with Gasteiger partial charge in [-0.1, -0.05) is 11.3 Å². The minimum atomic E-state index is -1.21. The number of hydrogen-bond donors (Lipinski definition) is 2. The molecule has 0 amide bonds. The third-order valence-electron chi connectivity index (χ3n) is 2.36. The molecule has 8 heteroatoms. The molecule has 0 aliphatic carbocycles. The van der Waals surface area contributed by atoms with Crippen LogP contribution in [0.1, 0.15) is 34.0 Å². The fraction of sp³-hybridized carbons (Fsp3) is 0.273. The normalized spacial score (nSPS) is 10.4. The van der Waals surface area contributed by atoms with E-state index in [1.165, 1.54) is 6.92 Å². The molecule has 100 valence electrons. The number of aryl methyl sites for hydroxylation is 1. The zero-order valence-electron chi connectivity index (χ0n) is 10.4. The molecule has 0 bridgehead atoms. The van der Waals surface area contributed by atoms with Crippen molar-refractivity contribution in [1.29, 1.82) is 0 Å². The van der Waals surface area contributed by atoms with Crippen molar-refractivity contribution < 1.29 is 14.7 Å². The molecule has 19 heavy (non-hydrogen) atoms. The Labute approximate surface area is 112 Å². The van der Waals surface area contributed by atoms with E-state index in [0.29, 0.717) is 10.8 Å². The minimum Gasteiger partial charge on any atom is -0.476 e. The highest BCUT2D eigenvalue weighted by atomic mass is 32.1. The van der Waals surface area contributed by atoms with Gasteiger partial charge < -0.3 is 10.4 Å². The summed E-state index contributed by atoms with van der Waals surface area (Å²) in [4.78, 5) is 26.4. The molecule has 0 atom stereocenters. The summed E-state index contributed by atoms with van der Waals surface area (Å²) in [5.74, 6) is -1.52. The SMILES string of the molecule is CCn1cc(Nc2nc(C(=O)O)c(C(C)=O)s2)cn1. The summed E-state index contributed by atoms with van der Waals surface area (Å²) in [6, 6.07) is 0. The fourth-order valence-electron chi connectivity index (χ4n) is 1.48. The lowest BCUT2D eigenvalue weighted by atomic mass is 10.3. The topological polar surface area (TPSA) is 97.1 Å². The lowest BCUT2D eigenvalue weighted by molar-refractivity contribution is 0.0687. The van der Waals surface area contributed by atoms with Crippen molar-refractivity contribution in [2.24, 2.45) is 0 Å². The quantitative estimate of drug-likeness (QED) is 0.813. The largest absolute Gasteiger partial charge is 0.476 e. The number of aromatic carboxylic acids is 1. The zero-order chi connectivity index (χ0) is 14.0. The Morgan fingerprint density at radius 1 is 1.53 bits per heavy atom. The molecule has 2 aromatic heterocycles. The first kappa shape index (κ1) is 13.2. The first-order valence-electron chi connectivity index (χ1n) is 5.55. The van der Waals surface area contributed by atoms with E-state index < -0.39 is 5.97 Å². The number of hydrogen-bond acceptors (Lipinski definition) is 6. The number of carboxylic acids is 1. The van der Waals surface area contributed by atoms with Crippen molar-refractivity contribution in [2.45, 2.75) is 20.4 Å². The van der Waals surface area contributed by atoms with Crippen LogP contribution in [0.2, 0.25) is 0 Å². The van der Waals surface area contributed by atoms with Crippen molar-refractivity contribution in [3.8, 4) is 0 Å². The second kappa shape index (κ2) is 5.19. The number of Topliss-reactive ketones (excluding diaryl/α,β-unsaturated/α-hetero) is 1. The third-order valence-corrected chi connectivity index (χ3v) is 3.43. The maximum absolute atomic E-state index is 11.3. The number of ketones is 1.